The lowest BCUT2D eigenvalue weighted by molar-refractivity contribution is -0.158. The van der Waals surface area contributed by atoms with E-state index in [1.54, 1.807) is 41.5 Å². The minimum absolute atomic E-state index is 0.258. The fraction of sp³-hybridized carbons (Fsp3) is 0.857. The summed E-state index contributed by atoms with van der Waals surface area (Å²) in [4.78, 5) is 46.1. The molecule has 0 saturated heterocycles. The van der Waals surface area contributed by atoms with Crippen LogP contribution < -0.4 is 11.5 Å². The molecule has 0 aromatic rings. The van der Waals surface area contributed by atoms with Gasteiger partial charge in [-0.15, -0.1) is 0 Å². The largest absolute Gasteiger partial charge is 0.460 e. The Morgan fingerprint density at radius 2 is 0.737 bits per heavy atom. The zero-order valence-electron chi connectivity index (χ0n) is 25.8. The summed E-state index contributed by atoms with van der Waals surface area (Å²) in [6.07, 6.45) is 2.36. The van der Waals surface area contributed by atoms with Crippen LogP contribution in [-0.4, -0.2) is 58.4 Å². The zero-order valence-corrected chi connectivity index (χ0v) is 25.8. The predicted octanol–water partition coefficient (Wildman–Crippen LogP) is 4.33. The van der Waals surface area contributed by atoms with Gasteiger partial charge in [0.1, 0.15) is 34.5 Å². The summed E-state index contributed by atoms with van der Waals surface area (Å²) in [7, 11) is 0. The van der Waals surface area contributed by atoms with Crippen molar-refractivity contribution in [1.82, 2.24) is 0 Å². The van der Waals surface area contributed by atoms with Gasteiger partial charge in [-0.25, -0.2) is 0 Å². The molecule has 0 aliphatic carbocycles. The van der Waals surface area contributed by atoms with Gasteiger partial charge in [-0.05, 0) is 109 Å². The van der Waals surface area contributed by atoms with Crippen molar-refractivity contribution in [3.8, 4) is 0 Å². The molecule has 0 bridgehead atoms. The van der Waals surface area contributed by atoms with E-state index >= 15 is 0 Å². The van der Waals surface area contributed by atoms with Crippen LogP contribution >= 0.6 is 0 Å². The molecule has 224 valence electrons. The smallest absolute Gasteiger partial charge is 0.323 e. The second-order valence-electron chi connectivity index (χ2n) is 13.2. The number of hydrogen-bond acceptors (Lipinski definition) is 10. The highest BCUT2D eigenvalue weighted by Gasteiger charge is 2.24. The monoisotopic (exact) mass is 546 g/mol. The summed E-state index contributed by atoms with van der Waals surface area (Å²) in [6.45, 7) is 21.6. The maximum absolute atomic E-state index is 11.6. The number of esters is 4. The summed E-state index contributed by atoms with van der Waals surface area (Å²) >= 11 is 0. The van der Waals surface area contributed by atoms with Gasteiger partial charge in [-0.1, -0.05) is 0 Å². The van der Waals surface area contributed by atoms with Crippen LogP contribution in [0.2, 0.25) is 0 Å². The van der Waals surface area contributed by atoms with Crippen LogP contribution in [0.5, 0.6) is 0 Å². The molecule has 10 nitrogen and oxygen atoms in total. The normalized spacial score (nSPS) is 13.8. The van der Waals surface area contributed by atoms with Crippen LogP contribution in [0.1, 0.15) is 122 Å². The molecule has 4 N–H and O–H groups in total. The molecule has 0 saturated carbocycles. The SMILES string of the molecule is CC(C)(C)OC(=O)CCC[C@H](N)C(=O)OC(C)(C)C.CC(C)(C)OC(=O)CCC[C@H](N)C(=O)OC(C)(C)C. The number of carbonyl (C=O) groups is 4. The van der Waals surface area contributed by atoms with Gasteiger partial charge < -0.3 is 30.4 Å². The molecule has 0 heterocycles. The number of ether oxygens (including phenoxy) is 4. The first-order chi connectivity index (χ1) is 16.8. The molecule has 38 heavy (non-hydrogen) atoms. The molecule has 0 aliphatic heterocycles. The lowest BCUT2D eigenvalue weighted by atomic mass is 10.1. The van der Waals surface area contributed by atoms with Gasteiger partial charge in [0, 0.05) is 12.8 Å². The number of hydrogen-bond donors (Lipinski definition) is 2. The van der Waals surface area contributed by atoms with Gasteiger partial charge in [-0.3, -0.25) is 19.2 Å². The van der Waals surface area contributed by atoms with Gasteiger partial charge in [0.25, 0.3) is 0 Å². The molecular weight excluding hydrogens is 492 g/mol. The zero-order chi connectivity index (χ0) is 30.5. The van der Waals surface area contributed by atoms with Crippen molar-refractivity contribution in [2.24, 2.45) is 11.5 Å². The Labute approximate surface area is 229 Å². The van der Waals surface area contributed by atoms with Gasteiger partial charge in [0.05, 0.1) is 0 Å². The van der Waals surface area contributed by atoms with Gasteiger partial charge >= 0.3 is 23.9 Å². The third kappa shape index (κ3) is 25.4. The van der Waals surface area contributed by atoms with Gasteiger partial charge in [-0.2, -0.15) is 0 Å². The summed E-state index contributed by atoms with van der Waals surface area (Å²) in [5, 5.41) is 0. The van der Waals surface area contributed by atoms with Crippen molar-refractivity contribution in [3.05, 3.63) is 0 Å². The molecule has 10 heteroatoms. The number of rotatable bonds is 10. The maximum atomic E-state index is 11.6. The number of nitrogens with two attached hydrogens (primary N) is 2. The van der Waals surface area contributed by atoms with E-state index in [0.29, 0.717) is 25.7 Å². The van der Waals surface area contributed by atoms with Gasteiger partial charge in [0.2, 0.25) is 0 Å². The molecule has 2 atom stereocenters. The number of carbonyl (C=O) groups excluding carboxylic acids is 4. The van der Waals surface area contributed by atoms with Crippen LogP contribution in [-0.2, 0) is 38.1 Å². The molecule has 0 unspecified atom stereocenters. The lowest BCUT2D eigenvalue weighted by Gasteiger charge is -2.22. The van der Waals surface area contributed by atoms with E-state index in [0.717, 1.165) is 0 Å². The molecule has 0 radical (unpaired) electrons. The Bertz CT molecular complexity index is 689. The molecule has 0 aromatic carbocycles. The third-order valence-electron chi connectivity index (χ3n) is 4.05. The summed E-state index contributed by atoms with van der Waals surface area (Å²) in [5.74, 6) is -1.42. The predicted molar refractivity (Wildman–Crippen MR) is 147 cm³/mol. The molecule has 0 aliphatic rings. The van der Waals surface area contributed by atoms with Crippen molar-refractivity contribution < 1.29 is 38.1 Å². The van der Waals surface area contributed by atoms with E-state index in [-0.39, 0.29) is 24.8 Å². The van der Waals surface area contributed by atoms with Crippen LogP contribution in [0.15, 0.2) is 0 Å². The minimum Gasteiger partial charge on any atom is -0.460 e. The van der Waals surface area contributed by atoms with Crippen molar-refractivity contribution >= 4 is 23.9 Å². The first-order valence-corrected chi connectivity index (χ1v) is 13.2. The highest BCUT2D eigenvalue weighted by atomic mass is 16.6. The van der Waals surface area contributed by atoms with Crippen LogP contribution in [0.4, 0.5) is 0 Å². The van der Waals surface area contributed by atoms with E-state index in [1.807, 2.05) is 41.5 Å². The van der Waals surface area contributed by atoms with Crippen molar-refractivity contribution in [2.75, 3.05) is 0 Å². The highest BCUT2D eigenvalue weighted by Crippen LogP contribution is 2.14. The van der Waals surface area contributed by atoms with E-state index in [9.17, 15) is 19.2 Å². The molecule has 0 amide bonds. The average Bonchev–Trinajstić information content (AvgIpc) is 2.62. The van der Waals surface area contributed by atoms with E-state index in [1.165, 1.54) is 0 Å². The van der Waals surface area contributed by atoms with Crippen molar-refractivity contribution in [3.63, 3.8) is 0 Å². The highest BCUT2D eigenvalue weighted by molar-refractivity contribution is 5.76. The van der Waals surface area contributed by atoms with Crippen LogP contribution in [0.3, 0.4) is 0 Å². The van der Waals surface area contributed by atoms with Gasteiger partial charge in [0.15, 0.2) is 0 Å². The molecular formula is C28H54N2O8. The second-order valence-corrected chi connectivity index (χ2v) is 13.2. The Kier molecular flexibility index (Phi) is 16.0. The Balaban J connectivity index is 0. The fourth-order valence-corrected chi connectivity index (χ4v) is 2.71. The fourth-order valence-electron chi connectivity index (χ4n) is 2.71. The standard InChI is InChI=1S/2C14H27NO4/c2*1-13(2,3)18-11(16)9-7-8-10(15)12(17)19-14(4,5)6/h2*10H,7-9,15H2,1-6H3/t2*10-/m00/s1. The minimum atomic E-state index is -0.693. The molecule has 0 fully saturated rings. The van der Waals surface area contributed by atoms with E-state index in [2.05, 4.69) is 0 Å². The maximum Gasteiger partial charge on any atom is 0.323 e. The third-order valence-corrected chi connectivity index (χ3v) is 4.05. The Morgan fingerprint density at radius 1 is 0.500 bits per heavy atom. The topological polar surface area (TPSA) is 157 Å². The quantitative estimate of drug-likeness (QED) is 0.298. The van der Waals surface area contributed by atoms with Crippen molar-refractivity contribution in [1.29, 1.82) is 0 Å². The first-order valence-electron chi connectivity index (χ1n) is 13.2. The molecule has 0 rings (SSSR count). The van der Waals surface area contributed by atoms with Crippen LogP contribution in [0, 0.1) is 0 Å². The summed E-state index contributed by atoms with van der Waals surface area (Å²) in [5.41, 5.74) is 9.38. The van der Waals surface area contributed by atoms with Crippen molar-refractivity contribution in [2.45, 2.75) is 156 Å². The Hall–Kier alpha value is -2.20. The average molecular weight is 547 g/mol. The van der Waals surface area contributed by atoms with E-state index < -0.39 is 46.4 Å². The molecule has 0 aromatic heterocycles. The van der Waals surface area contributed by atoms with Crippen LogP contribution in [0.25, 0.3) is 0 Å². The first kappa shape index (κ1) is 37.9. The molecule has 0 spiro atoms. The summed E-state index contributed by atoms with van der Waals surface area (Å²) < 4.78 is 20.6. The van der Waals surface area contributed by atoms with E-state index in [4.69, 9.17) is 30.4 Å². The Morgan fingerprint density at radius 3 is 0.947 bits per heavy atom. The summed E-state index contributed by atoms with van der Waals surface area (Å²) in [6, 6.07) is -1.39. The lowest BCUT2D eigenvalue weighted by Crippen LogP contribution is -2.37. The second kappa shape index (κ2) is 16.0.